The summed E-state index contributed by atoms with van der Waals surface area (Å²) in [5, 5.41) is 9.39. The molecular formula is C31H46O3. The summed E-state index contributed by atoms with van der Waals surface area (Å²) in [6.45, 7) is 6.71. The van der Waals surface area contributed by atoms with Crippen molar-refractivity contribution in [3.05, 3.63) is 53.1 Å². The number of hydrogen-bond donors (Lipinski definition) is 1. The van der Waals surface area contributed by atoms with Crippen LogP contribution in [0.1, 0.15) is 115 Å². The van der Waals surface area contributed by atoms with Crippen LogP contribution >= 0.6 is 0 Å². The van der Waals surface area contributed by atoms with Gasteiger partial charge in [-0.05, 0) is 72.4 Å². The molecular weight excluding hydrogens is 420 g/mol. The quantitative estimate of drug-likeness (QED) is 0.143. The first-order valence-corrected chi connectivity index (χ1v) is 13.8. The number of carboxylic acid groups (broad SMARTS) is 1. The van der Waals surface area contributed by atoms with Crippen LogP contribution in [0.3, 0.4) is 0 Å². The molecule has 34 heavy (non-hydrogen) atoms. The van der Waals surface area contributed by atoms with Crippen LogP contribution in [0.5, 0.6) is 5.75 Å². The molecule has 2 aromatic rings. The lowest BCUT2D eigenvalue weighted by Crippen LogP contribution is -2.09. The number of ether oxygens (including phenoxy) is 1. The Hall–Kier alpha value is -2.29. The number of benzene rings is 2. The van der Waals surface area contributed by atoms with Gasteiger partial charge in [0.25, 0.3) is 0 Å². The van der Waals surface area contributed by atoms with Crippen molar-refractivity contribution in [2.45, 2.75) is 117 Å². The first kappa shape index (κ1) is 28.0. The van der Waals surface area contributed by atoms with Crippen molar-refractivity contribution >= 4 is 6.16 Å². The lowest BCUT2D eigenvalue weighted by atomic mass is 9.86. The van der Waals surface area contributed by atoms with Crippen LogP contribution in [-0.4, -0.2) is 11.3 Å². The summed E-state index contributed by atoms with van der Waals surface area (Å²) in [6, 6.07) is 12.8. The Morgan fingerprint density at radius 1 is 0.647 bits per heavy atom. The monoisotopic (exact) mass is 466 g/mol. The van der Waals surface area contributed by atoms with Gasteiger partial charge in [-0.1, -0.05) is 109 Å². The van der Waals surface area contributed by atoms with E-state index in [4.69, 9.17) is 4.74 Å². The third kappa shape index (κ3) is 9.16. The highest BCUT2D eigenvalue weighted by molar-refractivity contribution is 5.74. The molecule has 0 bridgehead atoms. The van der Waals surface area contributed by atoms with Crippen molar-refractivity contribution in [2.75, 3.05) is 0 Å². The van der Waals surface area contributed by atoms with E-state index in [0.29, 0.717) is 5.75 Å². The molecule has 188 valence electrons. The van der Waals surface area contributed by atoms with E-state index >= 15 is 0 Å². The SMILES string of the molecule is CCCCCCc1ccccc1-c1ccc(OC(=O)O)c(CCCCCC)c1CCCCCC. The van der Waals surface area contributed by atoms with Gasteiger partial charge in [0.15, 0.2) is 0 Å². The zero-order chi connectivity index (χ0) is 24.6. The Morgan fingerprint density at radius 3 is 1.79 bits per heavy atom. The van der Waals surface area contributed by atoms with Crippen molar-refractivity contribution in [2.24, 2.45) is 0 Å². The standard InChI is InChI=1S/C31H46O3/c1-4-7-10-13-18-25-19-16-17-20-26(25)28-23-24-30(34-31(32)33)29(22-15-12-9-6-3)27(28)21-14-11-8-5-2/h16-17,19-20,23-24H,4-15,18,21-22H2,1-3H3,(H,32,33). The van der Waals surface area contributed by atoms with E-state index in [2.05, 4.69) is 51.1 Å². The summed E-state index contributed by atoms with van der Waals surface area (Å²) in [4.78, 5) is 11.5. The van der Waals surface area contributed by atoms with Gasteiger partial charge in [-0.3, -0.25) is 0 Å². The van der Waals surface area contributed by atoms with Gasteiger partial charge in [0.05, 0.1) is 0 Å². The Bertz CT molecular complexity index is 856. The number of rotatable bonds is 17. The molecule has 0 aliphatic carbocycles. The zero-order valence-electron chi connectivity index (χ0n) is 21.8. The van der Waals surface area contributed by atoms with Crippen molar-refractivity contribution in [3.8, 4) is 16.9 Å². The fourth-order valence-electron chi connectivity index (χ4n) is 4.87. The molecule has 0 radical (unpaired) electrons. The van der Waals surface area contributed by atoms with E-state index in [9.17, 15) is 9.90 Å². The van der Waals surface area contributed by atoms with Crippen molar-refractivity contribution in [1.82, 2.24) is 0 Å². The van der Waals surface area contributed by atoms with Gasteiger partial charge in [0.1, 0.15) is 5.75 Å². The van der Waals surface area contributed by atoms with Crippen LogP contribution < -0.4 is 4.74 Å². The minimum Gasteiger partial charge on any atom is -0.449 e. The lowest BCUT2D eigenvalue weighted by molar-refractivity contribution is 0.144. The minimum atomic E-state index is -1.23. The fourth-order valence-corrected chi connectivity index (χ4v) is 4.87. The fraction of sp³-hybridized carbons (Fsp3) is 0.581. The van der Waals surface area contributed by atoms with E-state index < -0.39 is 6.16 Å². The molecule has 0 saturated carbocycles. The van der Waals surface area contributed by atoms with Crippen molar-refractivity contribution in [1.29, 1.82) is 0 Å². The summed E-state index contributed by atoms with van der Waals surface area (Å²) in [6.07, 6.45) is 16.1. The molecule has 0 fully saturated rings. The number of aryl methyl sites for hydroxylation is 1. The van der Waals surface area contributed by atoms with Gasteiger partial charge in [-0.2, -0.15) is 0 Å². The Labute approximate surface area is 207 Å². The predicted octanol–water partition coefficient (Wildman–Crippen LogP) is 9.78. The minimum absolute atomic E-state index is 0.527. The zero-order valence-corrected chi connectivity index (χ0v) is 21.8. The molecule has 2 rings (SSSR count). The Morgan fingerprint density at radius 2 is 1.21 bits per heavy atom. The predicted molar refractivity (Wildman–Crippen MR) is 144 cm³/mol. The Kier molecular flexibility index (Phi) is 13.4. The lowest BCUT2D eigenvalue weighted by Gasteiger charge is -2.20. The van der Waals surface area contributed by atoms with E-state index in [1.165, 1.54) is 80.0 Å². The molecule has 1 N–H and O–H groups in total. The molecule has 3 heteroatoms. The second kappa shape index (κ2) is 16.4. The van der Waals surface area contributed by atoms with Crippen molar-refractivity contribution in [3.63, 3.8) is 0 Å². The first-order valence-electron chi connectivity index (χ1n) is 13.8. The van der Waals surface area contributed by atoms with E-state index in [0.717, 1.165) is 44.1 Å². The maximum absolute atomic E-state index is 11.5. The highest BCUT2D eigenvalue weighted by atomic mass is 16.7. The van der Waals surface area contributed by atoms with Crippen molar-refractivity contribution < 1.29 is 14.6 Å². The summed E-state index contributed by atoms with van der Waals surface area (Å²) < 4.78 is 5.30. The molecule has 0 aliphatic heterocycles. The maximum Gasteiger partial charge on any atom is 0.511 e. The van der Waals surface area contributed by atoms with Crippen LogP contribution in [0.2, 0.25) is 0 Å². The maximum atomic E-state index is 11.5. The van der Waals surface area contributed by atoms with Gasteiger partial charge < -0.3 is 9.84 Å². The second-order valence-electron chi connectivity index (χ2n) is 9.53. The summed E-state index contributed by atoms with van der Waals surface area (Å²) in [5.74, 6) is 0.527. The van der Waals surface area contributed by atoms with E-state index in [1.807, 2.05) is 6.07 Å². The van der Waals surface area contributed by atoms with Crippen LogP contribution in [-0.2, 0) is 19.3 Å². The highest BCUT2D eigenvalue weighted by Gasteiger charge is 2.19. The molecule has 0 spiro atoms. The third-order valence-corrected chi connectivity index (χ3v) is 6.75. The largest absolute Gasteiger partial charge is 0.511 e. The molecule has 0 atom stereocenters. The van der Waals surface area contributed by atoms with Crippen LogP contribution in [0, 0.1) is 0 Å². The molecule has 2 aromatic carbocycles. The summed E-state index contributed by atoms with van der Waals surface area (Å²) >= 11 is 0. The van der Waals surface area contributed by atoms with Gasteiger partial charge >= 0.3 is 6.16 Å². The number of hydrogen-bond acceptors (Lipinski definition) is 2. The van der Waals surface area contributed by atoms with Gasteiger partial charge in [0.2, 0.25) is 0 Å². The van der Waals surface area contributed by atoms with Gasteiger partial charge in [-0.15, -0.1) is 0 Å². The van der Waals surface area contributed by atoms with Crippen LogP contribution in [0.25, 0.3) is 11.1 Å². The molecule has 0 aromatic heterocycles. The molecule has 0 amide bonds. The topological polar surface area (TPSA) is 46.5 Å². The molecule has 3 nitrogen and oxygen atoms in total. The van der Waals surface area contributed by atoms with Crippen LogP contribution in [0.15, 0.2) is 36.4 Å². The smallest absolute Gasteiger partial charge is 0.449 e. The van der Waals surface area contributed by atoms with E-state index in [1.54, 1.807) is 0 Å². The third-order valence-electron chi connectivity index (χ3n) is 6.75. The van der Waals surface area contributed by atoms with E-state index in [-0.39, 0.29) is 0 Å². The van der Waals surface area contributed by atoms with Gasteiger partial charge in [0, 0.05) is 0 Å². The summed E-state index contributed by atoms with van der Waals surface area (Å²) in [5.41, 5.74) is 6.38. The molecule has 0 saturated heterocycles. The first-order chi connectivity index (χ1) is 16.6. The number of unbranched alkanes of at least 4 members (excludes halogenated alkanes) is 9. The summed E-state index contributed by atoms with van der Waals surface area (Å²) in [7, 11) is 0. The average Bonchev–Trinajstić information content (AvgIpc) is 2.83. The van der Waals surface area contributed by atoms with Crippen LogP contribution in [0.4, 0.5) is 4.79 Å². The number of carbonyl (C=O) groups is 1. The highest BCUT2D eigenvalue weighted by Crippen LogP contribution is 2.37. The Balaban J connectivity index is 2.47. The molecule has 0 aliphatic rings. The normalized spacial score (nSPS) is 11.0. The molecule has 0 heterocycles. The van der Waals surface area contributed by atoms with Gasteiger partial charge in [-0.25, -0.2) is 4.79 Å². The molecule has 0 unspecified atom stereocenters. The average molecular weight is 467 g/mol. The second-order valence-corrected chi connectivity index (χ2v) is 9.53.